The number of nitrogens with zero attached hydrogens (tertiary/aromatic N) is 3. The third kappa shape index (κ3) is 4.14. The summed E-state index contributed by atoms with van der Waals surface area (Å²) in [7, 11) is -3.83. The van der Waals surface area contributed by atoms with Gasteiger partial charge in [0.25, 0.3) is 10.0 Å². The van der Waals surface area contributed by atoms with E-state index in [-0.39, 0.29) is 10.3 Å². The van der Waals surface area contributed by atoms with Crippen molar-refractivity contribution in [1.29, 1.82) is 0 Å². The molecule has 24 heavy (non-hydrogen) atoms. The van der Waals surface area contributed by atoms with Gasteiger partial charge in [-0.2, -0.15) is 8.42 Å². The van der Waals surface area contributed by atoms with Crippen LogP contribution in [0.5, 0.6) is 5.75 Å². The summed E-state index contributed by atoms with van der Waals surface area (Å²) in [6.07, 6.45) is 5.40. The first-order valence-corrected chi connectivity index (χ1v) is 9.58. The zero-order valence-electron chi connectivity index (χ0n) is 14.7. The third-order valence-corrected chi connectivity index (χ3v) is 5.29. The summed E-state index contributed by atoms with van der Waals surface area (Å²) in [6.45, 7) is 8.71. The van der Waals surface area contributed by atoms with Crippen LogP contribution in [0.4, 0.5) is 0 Å². The highest BCUT2D eigenvalue weighted by Gasteiger charge is 2.26. The van der Waals surface area contributed by atoms with Crippen molar-refractivity contribution in [2.75, 3.05) is 6.61 Å². The van der Waals surface area contributed by atoms with Gasteiger partial charge in [-0.15, -0.1) is 9.19 Å². The van der Waals surface area contributed by atoms with Crippen LogP contribution in [-0.2, 0) is 15.4 Å². The lowest BCUT2D eigenvalue weighted by molar-refractivity contribution is 0.298. The molecule has 1 aromatic heterocycles. The maximum atomic E-state index is 12.9. The second kappa shape index (κ2) is 7.34. The Labute approximate surface area is 143 Å². The molecule has 1 aromatic carbocycles. The zero-order chi connectivity index (χ0) is 17.8. The van der Waals surface area contributed by atoms with Gasteiger partial charge in [-0.3, -0.25) is 0 Å². The summed E-state index contributed by atoms with van der Waals surface area (Å²) in [5, 5.41) is 3.77. The molecule has 7 heteroatoms. The quantitative estimate of drug-likeness (QED) is 0.715. The lowest BCUT2D eigenvalue weighted by atomic mass is 9.87. The van der Waals surface area contributed by atoms with Crippen LogP contribution in [0.25, 0.3) is 0 Å². The van der Waals surface area contributed by atoms with E-state index in [9.17, 15) is 8.42 Å². The van der Waals surface area contributed by atoms with Gasteiger partial charge in [-0.1, -0.05) is 46.6 Å². The molecule has 6 nitrogen and oxygen atoms in total. The van der Waals surface area contributed by atoms with Gasteiger partial charge in [0.05, 0.1) is 6.61 Å². The summed E-state index contributed by atoms with van der Waals surface area (Å²) in [5.74, 6) is 0.356. The van der Waals surface area contributed by atoms with Crippen LogP contribution < -0.4 is 4.74 Å². The Morgan fingerprint density at radius 1 is 1.21 bits per heavy atom. The standard InChI is InChI=1S/C17H25N3O3S/c1-5-6-7-10-23-15-9-8-14(17(2,3)4)11-16(15)24(21,22)20-13-18-12-19-20/h8-9,11-13H,5-7,10H2,1-4H3. The Kier molecular flexibility index (Phi) is 5.64. The van der Waals surface area contributed by atoms with Gasteiger partial charge in [0.2, 0.25) is 0 Å². The zero-order valence-corrected chi connectivity index (χ0v) is 15.5. The average molecular weight is 351 g/mol. The summed E-state index contributed by atoms with van der Waals surface area (Å²) < 4.78 is 32.3. The van der Waals surface area contributed by atoms with Crippen LogP contribution in [0.1, 0.15) is 52.5 Å². The first-order valence-electron chi connectivity index (χ1n) is 8.14. The van der Waals surface area contributed by atoms with Gasteiger partial charge in [0.1, 0.15) is 23.3 Å². The predicted octanol–water partition coefficient (Wildman–Crippen LogP) is 3.38. The normalized spacial score (nSPS) is 12.3. The van der Waals surface area contributed by atoms with Gasteiger partial charge in [-0.05, 0) is 29.5 Å². The number of hydrogen-bond acceptors (Lipinski definition) is 5. The van der Waals surface area contributed by atoms with Crippen molar-refractivity contribution in [3.05, 3.63) is 36.4 Å². The molecule has 0 saturated carbocycles. The Hall–Kier alpha value is -1.89. The Bertz CT molecular complexity index is 763. The SMILES string of the molecule is CCCCCOc1ccc(C(C)(C)C)cc1S(=O)(=O)n1cncn1. The van der Waals surface area contributed by atoms with Crippen molar-refractivity contribution in [2.45, 2.75) is 57.3 Å². The lowest BCUT2D eigenvalue weighted by Crippen LogP contribution is -2.18. The first kappa shape index (κ1) is 18.4. The molecule has 0 N–H and O–H groups in total. The van der Waals surface area contributed by atoms with Gasteiger partial charge >= 0.3 is 0 Å². The molecule has 1 heterocycles. The van der Waals surface area contributed by atoms with Gasteiger partial charge in [-0.25, -0.2) is 4.98 Å². The molecule has 0 spiro atoms. The van der Waals surface area contributed by atoms with Crippen molar-refractivity contribution in [3.63, 3.8) is 0 Å². The first-order chi connectivity index (χ1) is 11.3. The number of rotatable bonds is 7. The second-order valence-electron chi connectivity index (χ2n) is 6.74. The fraction of sp³-hybridized carbons (Fsp3) is 0.529. The molecule has 132 valence electrons. The highest BCUT2D eigenvalue weighted by Crippen LogP contribution is 2.32. The van der Waals surface area contributed by atoms with Gasteiger partial charge in [0, 0.05) is 0 Å². The minimum Gasteiger partial charge on any atom is -0.492 e. The second-order valence-corrected chi connectivity index (χ2v) is 8.50. The van der Waals surface area contributed by atoms with E-state index in [0.717, 1.165) is 28.9 Å². The van der Waals surface area contributed by atoms with E-state index >= 15 is 0 Å². The van der Waals surface area contributed by atoms with Crippen molar-refractivity contribution >= 4 is 10.0 Å². The van der Waals surface area contributed by atoms with Crippen molar-refractivity contribution in [1.82, 2.24) is 14.2 Å². The molecule has 0 fully saturated rings. The Morgan fingerprint density at radius 2 is 1.96 bits per heavy atom. The largest absolute Gasteiger partial charge is 0.492 e. The molecule has 0 radical (unpaired) electrons. The van der Waals surface area contributed by atoms with E-state index < -0.39 is 10.0 Å². The number of aromatic nitrogens is 3. The highest BCUT2D eigenvalue weighted by molar-refractivity contribution is 7.90. The van der Waals surface area contributed by atoms with Crippen molar-refractivity contribution in [3.8, 4) is 5.75 Å². The number of benzene rings is 1. The summed E-state index contributed by atoms with van der Waals surface area (Å²) in [4.78, 5) is 3.86. The Morgan fingerprint density at radius 3 is 2.54 bits per heavy atom. The molecule has 2 rings (SSSR count). The number of ether oxygens (including phenoxy) is 1. The van der Waals surface area contributed by atoms with Gasteiger partial charge < -0.3 is 4.74 Å². The molecule has 0 atom stereocenters. The molecule has 2 aromatic rings. The van der Waals surface area contributed by atoms with E-state index in [1.807, 2.05) is 26.8 Å². The maximum absolute atomic E-state index is 12.9. The van der Waals surface area contributed by atoms with Crippen LogP contribution in [-0.4, -0.2) is 29.2 Å². The molecule has 0 bridgehead atoms. The fourth-order valence-corrected chi connectivity index (χ4v) is 3.46. The van der Waals surface area contributed by atoms with E-state index in [0.29, 0.717) is 12.4 Å². The van der Waals surface area contributed by atoms with Crippen LogP contribution in [0.2, 0.25) is 0 Å². The fourth-order valence-electron chi connectivity index (χ4n) is 2.25. The van der Waals surface area contributed by atoms with Crippen LogP contribution in [0, 0.1) is 0 Å². The van der Waals surface area contributed by atoms with Gasteiger partial charge in [0.15, 0.2) is 0 Å². The van der Waals surface area contributed by atoms with E-state index in [2.05, 4.69) is 17.0 Å². The van der Waals surface area contributed by atoms with Crippen molar-refractivity contribution in [2.24, 2.45) is 0 Å². The van der Waals surface area contributed by atoms with Crippen LogP contribution in [0.15, 0.2) is 35.7 Å². The highest BCUT2D eigenvalue weighted by atomic mass is 32.2. The number of hydrogen-bond donors (Lipinski definition) is 0. The minimum absolute atomic E-state index is 0.122. The monoisotopic (exact) mass is 351 g/mol. The van der Waals surface area contributed by atoms with Crippen LogP contribution >= 0.6 is 0 Å². The van der Waals surface area contributed by atoms with E-state index in [4.69, 9.17) is 4.74 Å². The molecular weight excluding hydrogens is 326 g/mol. The molecule has 0 saturated heterocycles. The number of unbranched alkanes of at least 4 members (excludes halogenated alkanes) is 2. The minimum atomic E-state index is -3.83. The average Bonchev–Trinajstić information content (AvgIpc) is 3.06. The molecule has 0 unspecified atom stereocenters. The topological polar surface area (TPSA) is 74.1 Å². The molecule has 0 amide bonds. The summed E-state index contributed by atoms with van der Waals surface area (Å²) in [5.41, 5.74) is 0.745. The van der Waals surface area contributed by atoms with Crippen molar-refractivity contribution < 1.29 is 13.2 Å². The van der Waals surface area contributed by atoms with E-state index in [1.165, 1.54) is 12.7 Å². The Balaban J connectivity index is 2.44. The molecule has 0 aliphatic rings. The third-order valence-electron chi connectivity index (χ3n) is 3.74. The molecule has 0 aliphatic heterocycles. The smallest absolute Gasteiger partial charge is 0.288 e. The summed E-state index contributed by atoms with van der Waals surface area (Å²) in [6, 6.07) is 5.32. The summed E-state index contributed by atoms with van der Waals surface area (Å²) >= 11 is 0. The van der Waals surface area contributed by atoms with E-state index in [1.54, 1.807) is 12.1 Å². The lowest BCUT2D eigenvalue weighted by Gasteiger charge is -2.21. The predicted molar refractivity (Wildman–Crippen MR) is 92.8 cm³/mol. The maximum Gasteiger partial charge on any atom is 0.288 e. The molecule has 0 aliphatic carbocycles. The molecular formula is C17H25N3O3S. The van der Waals surface area contributed by atoms with Crippen LogP contribution in [0.3, 0.4) is 0 Å².